The van der Waals surface area contributed by atoms with Crippen molar-refractivity contribution in [2.75, 3.05) is 26.9 Å². The number of nitrogens with one attached hydrogen (secondary N) is 1. The quantitative estimate of drug-likeness (QED) is 0.904. The van der Waals surface area contributed by atoms with Gasteiger partial charge in [0.1, 0.15) is 5.75 Å². The molecular weight excluding hydrogens is 238 g/mol. The summed E-state index contributed by atoms with van der Waals surface area (Å²) in [5.41, 5.74) is 2.77. The molecule has 0 aromatic heterocycles. The Morgan fingerprint density at radius 3 is 2.89 bits per heavy atom. The van der Waals surface area contributed by atoms with Crippen LogP contribution in [0.15, 0.2) is 18.2 Å². The number of fused-ring (bicyclic) bond motifs is 1. The van der Waals surface area contributed by atoms with Crippen molar-refractivity contribution in [1.29, 1.82) is 0 Å². The minimum Gasteiger partial charge on any atom is -0.493 e. The van der Waals surface area contributed by atoms with Gasteiger partial charge < -0.3 is 14.8 Å². The molecule has 1 atom stereocenters. The molecule has 2 aliphatic heterocycles. The first-order chi connectivity index (χ1) is 9.36. The van der Waals surface area contributed by atoms with Crippen LogP contribution in [-0.4, -0.2) is 26.9 Å². The van der Waals surface area contributed by atoms with Gasteiger partial charge in [0.05, 0.1) is 6.61 Å². The van der Waals surface area contributed by atoms with E-state index in [-0.39, 0.29) is 0 Å². The van der Waals surface area contributed by atoms with Gasteiger partial charge in [0, 0.05) is 25.7 Å². The van der Waals surface area contributed by atoms with E-state index in [1.54, 1.807) is 0 Å². The molecule has 2 heterocycles. The fourth-order valence-corrected chi connectivity index (χ4v) is 3.16. The second-order valence-electron chi connectivity index (χ2n) is 5.60. The maximum atomic E-state index is 5.58. The van der Waals surface area contributed by atoms with Gasteiger partial charge in [-0.1, -0.05) is 12.1 Å². The molecule has 1 aromatic carbocycles. The molecule has 3 rings (SSSR count). The Bertz CT molecular complexity index is 427. The third-order valence-electron chi connectivity index (χ3n) is 4.37. The van der Waals surface area contributed by atoms with Gasteiger partial charge in [-0.05, 0) is 49.4 Å². The molecule has 0 spiro atoms. The number of hydrogen-bond donors (Lipinski definition) is 1. The van der Waals surface area contributed by atoms with Crippen molar-refractivity contribution in [3.05, 3.63) is 29.3 Å². The molecule has 3 heteroatoms. The molecule has 2 aliphatic rings. The Labute approximate surface area is 115 Å². The molecule has 0 amide bonds. The molecule has 3 nitrogen and oxygen atoms in total. The second kappa shape index (κ2) is 5.93. The summed E-state index contributed by atoms with van der Waals surface area (Å²) in [4.78, 5) is 0. The first kappa shape index (κ1) is 12.9. The number of ether oxygens (including phenoxy) is 2. The van der Waals surface area contributed by atoms with Crippen molar-refractivity contribution in [1.82, 2.24) is 5.32 Å². The van der Waals surface area contributed by atoms with Crippen LogP contribution in [0.4, 0.5) is 0 Å². The summed E-state index contributed by atoms with van der Waals surface area (Å²) in [5.74, 6) is 1.86. The highest BCUT2D eigenvalue weighted by molar-refractivity contribution is 5.40. The largest absolute Gasteiger partial charge is 0.493 e. The standard InChI is InChI=1S/C16H23NO2/c1-17-15(10-12-4-7-18-8-5-12)13-2-3-16-14(11-13)6-9-19-16/h2-3,11-12,15,17H,4-10H2,1H3. The first-order valence-corrected chi connectivity index (χ1v) is 7.37. The third-order valence-corrected chi connectivity index (χ3v) is 4.37. The molecule has 0 aliphatic carbocycles. The molecule has 1 saturated heterocycles. The van der Waals surface area contributed by atoms with Crippen LogP contribution < -0.4 is 10.1 Å². The lowest BCUT2D eigenvalue weighted by Crippen LogP contribution is -2.24. The minimum absolute atomic E-state index is 0.453. The minimum atomic E-state index is 0.453. The summed E-state index contributed by atoms with van der Waals surface area (Å²) < 4.78 is 11.0. The van der Waals surface area contributed by atoms with Crippen molar-refractivity contribution in [2.45, 2.75) is 31.7 Å². The van der Waals surface area contributed by atoms with Crippen LogP contribution in [0.3, 0.4) is 0 Å². The predicted molar refractivity (Wildman–Crippen MR) is 75.6 cm³/mol. The van der Waals surface area contributed by atoms with E-state index in [0.29, 0.717) is 6.04 Å². The highest BCUT2D eigenvalue weighted by atomic mass is 16.5. The van der Waals surface area contributed by atoms with Crippen LogP contribution in [0.2, 0.25) is 0 Å². The first-order valence-electron chi connectivity index (χ1n) is 7.37. The average molecular weight is 261 g/mol. The molecule has 0 saturated carbocycles. The lowest BCUT2D eigenvalue weighted by atomic mass is 9.89. The third kappa shape index (κ3) is 2.93. The van der Waals surface area contributed by atoms with Crippen LogP contribution >= 0.6 is 0 Å². The van der Waals surface area contributed by atoms with E-state index in [4.69, 9.17) is 9.47 Å². The van der Waals surface area contributed by atoms with Crippen LogP contribution in [0.25, 0.3) is 0 Å². The molecule has 1 aromatic rings. The molecule has 19 heavy (non-hydrogen) atoms. The van der Waals surface area contributed by atoms with Gasteiger partial charge in [0.25, 0.3) is 0 Å². The fourth-order valence-electron chi connectivity index (χ4n) is 3.16. The Morgan fingerprint density at radius 1 is 1.26 bits per heavy atom. The van der Waals surface area contributed by atoms with Gasteiger partial charge in [-0.2, -0.15) is 0 Å². The summed E-state index contributed by atoms with van der Waals surface area (Å²) in [6.07, 6.45) is 4.66. The molecular formula is C16H23NO2. The van der Waals surface area contributed by atoms with Crippen molar-refractivity contribution in [3.63, 3.8) is 0 Å². The van der Waals surface area contributed by atoms with Crippen LogP contribution in [0, 0.1) is 5.92 Å². The van der Waals surface area contributed by atoms with E-state index in [1.165, 1.54) is 30.4 Å². The van der Waals surface area contributed by atoms with Gasteiger partial charge in [-0.25, -0.2) is 0 Å². The molecule has 104 valence electrons. The monoisotopic (exact) mass is 261 g/mol. The highest BCUT2D eigenvalue weighted by Gasteiger charge is 2.21. The fraction of sp³-hybridized carbons (Fsp3) is 0.625. The van der Waals surface area contributed by atoms with Crippen LogP contribution in [0.5, 0.6) is 5.75 Å². The number of hydrogen-bond acceptors (Lipinski definition) is 3. The van der Waals surface area contributed by atoms with Crippen molar-refractivity contribution >= 4 is 0 Å². The zero-order chi connectivity index (χ0) is 13.1. The predicted octanol–water partition coefficient (Wildman–Crippen LogP) is 2.70. The molecule has 0 radical (unpaired) electrons. The Kier molecular flexibility index (Phi) is 4.04. The van der Waals surface area contributed by atoms with E-state index in [0.717, 1.165) is 37.9 Å². The SMILES string of the molecule is CNC(CC1CCOCC1)c1ccc2c(c1)CCO2. The van der Waals surface area contributed by atoms with Crippen LogP contribution in [-0.2, 0) is 11.2 Å². The molecule has 1 fully saturated rings. The van der Waals surface area contributed by atoms with Crippen molar-refractivity contribution in [2.24, 2.45) is 5.92 Å². The summed E-state index contributed by atoms with van der Waals surface area (Å²) in [5, 5.41) is 3.48. The maximum absolute atomic E-state index is 5.58. The van der Waals surface area contributed by atoms with Crippen molar-refractivity contribution < 1.29 is 9.47 Å². The smallest absolute Gasteiger partial charge is 0.122 e. The van der Waals surface area contributed by atoms with Gasteiger partial charge in [0.2, 0.25) is 0 Å². The number of rotatable bonds is 4. The summed E-state index contributed by atoms with van der Waals surface area (Å²) in [6.45, 7) is 2.70. The Balaban J connectivity index is 1.70. The second-order valence-corrected chi connectivity index (χ2v) is 5.60. The summed E-state index contributed by atoms with van der Waals surface area (Å²) >= 11 is 0. The van der Waals surface area contributed by atoms with Gasteiger partial charge in [0.15, 0.2) is 0 Å². The van der Waals surface area contributed by atoms with Gasteiger partial charge >= 0.3 is 0 Å². The Morgan fingerprint density at radius 2 is 2.11 bits per heavy atom. The zero-order valence-corrected chi connectivity index (χ0v) is 11.7. The van der Waals surface area contributed by atoms with Crippen LogP contribution in [0.1, 0.15) is 36.4 Å². The van der Waals surface area contributed by atoms with Gasteiger partial charge in [-0.3, -0.25) is 0 Å². The van der Waals surface area contributed by atoms with E-state index in [1.807, 2.05) is 0 Å². The summed E-state index contributed by atoms with van der Waals surface area (Å²) in [7, 11) is 2.06. The van der Waals surface area contributed by atoms with E-state index in [2.05, 4.69) is 30.6 Å². The normalized spacial score (nSPS) is 20.9. The highest BCUT2D eigenvalue weighted by Crippen LogP contribution is 2.32. The zero-order valence-electron chi connectivity index (χ0n) is 11.7. The molecule has 0 bridgehead atoms. The maximum Gasteiger partial charge on any atom is 0.122 e. The van der Waals surface area contributed by atoms with E-state index >= 15 is 0 Å². The molecule has 1 unspecified atom stereocenters. The number of benzene rings is 1. The van der Waals surface area contributed by atoms with E-state index in [9.17, 15) is 0 Å². The van der Waals surface area contributed by atoms with Crippen molar-refractivity contribution in [3.8, 4) is 5.75 Å². The lowest BCUT2D eigenvalue weighted by molar-refractivity contribution is 0.0608. The van der Waals surface area contributed by atoms with E-state index < -0.39 is 0 Å². The summed E-state index contributed by atoms with van der Waals surface area (Å²) in [6, 6.07) is 7.12. The topological polar surface area (TPSA) is 30.5 Å². The average Bonchev–Trinajstić information content (AvgIpc) is 2.93. The lowest BCUT2D eigenvalue weighted by Gasteiger charge is -2.27. The molecule has 1 N–H and O–H groups in total. The Hall–Kier alpha value is -1.06. The van der Waals surface area contributed by atoms with Gasteiger partial charge in [-0.15, -0.1) is 0 Å².